The van der Waals surface area contributed by atoms with E-state index in [9.17, 15) is 0 Å². The maximum atomic E-state index is 6.28. The molecule has 4 nitrogen and oxygen atoms in total. The highest BCUT2D eigenvalue weighted by Crippen LogP contribution is 2.29. The fourth-order valence-corrected chi connectivity index (χ4v) is 2.23. The van der Waals surface area contributed by atoms with Gasteiger partial charge in [0.2, 0.25) is 0 Å². The van der Waals surface area contributed by atoms with Crippen molar-refractivity contribution >= 4 is 15.9 Å². The van der Waals surface area contributed by atoms with Gasteiger partial charge in [0.05, 0.1) is 14.2 Å². The van der Waals surface area contributed by atoms with Crippen LogP contribution < -0.4 is 15.2 Å². The molecule has 1 aromatic heterocycles. The zero-order chi connectivity index (χ0) is 14.5. The smallest absolute Gasteiger partial charge is 0.123 e. The van der Waals surface area contributed by atoms with Gasteiger partial charge in [-0.3, -0.25) is 4.98 Å². The zero-order valence-corrected chi connectivity index (χ0v) is 13.1. The van der Waals surface area contributed by atoms with Crippen LogP contribution in [0.25, 0.3) is 0 Å². The normalized spacial score (nSPS) is 12.0. The van der Waals surface area contributed by atoms with E-state index in [0.29, 0.717) is 6.42 Å². The molecule has 1 heterocycles. The second-order valence-corrected chi connectivity index (χ2v) is 5.30. The molecule has 0 saturated heterocycles. The maximum absolute atomic E-state index is 6.28. The van der Waals surface area contributed by atoms with Crippen molar-refractivity contribution in [3.8, 4) is 11.5 Å². The number of nitrogens with two attached hydrogens (primary N) is 1. The third kappa shape index (κ3) is 3.49. The third-order valence-corrected chi connectivity index (χ3v) is 3.52. The number of nitrogens with zero attached hydrogens (tertiary/aromatic N) is 1. The predicted octanol–water partition coefficient (Wildman–Crippen LogP) is 3.10. The zero-order valence-electron chi connectivity index (χ0n) is 11.5. The van der Waals surface area contributed by atoms with Gasteiger partial charge in [-0.1, -0.05) is 0 Å². The van der Waals surface area contributed by atoms with Gasteiger partial charge in [-0.05, 0) is 46.3 Å². The largest absolute Gasteiger partial charge is 0.497 e. The topological polar surface area (TPSA) is 57.4 Å². The molecule has 0 spiro atoms. The number of rotatable bonds is 5. The van der Waals surface area contributed by atoms with Gasteiger partial charge in [0.25, 0.3) is 0 Å². The van der Waals surface area contributed by atoms with E-state index in [1.54, 1.807) is 20.4 Å². The van der Waals surface area contributed by atoms with Crippen LogP contribution in [0.5, 0.6) is 11.5 Å². The molecule has 5 heteroatoms. The summed E-state index contributed by atoms with van der Waals surface area (Å²) in [5.74, 6) is 1.52. The van der Waals surface area contributed by atoms with E-state index in [0.717, 1.165) is 27.2 Å². The van der Waals surface area contributed by atoms with Crippen LogP contribution in [0.1, 0.15) is 17.3 Å². The Balaban J connectivity index is 2.23. The van der Waals surface area contributed by atoms with Crippen LogP contribution in [0.3, 0.4) is 0 Å². The van der Waals surface area contributed by atoms with Crippen LogP contribution in [0, 0.1) is 0 Å². The predicted molar refractivity (Wildman–Crippen MR) is 82.1 cm³/mol. The van der Waals surface area contributed by atoms with Gasteiger partial charge in [0.15, 0.2) is 0 Å². The van der Waals surface area contributed by atoms with Gasteiger partial charge in [0, 0.05) is 34.4 Å². The molecule has 0 fully saturated rings. The van der Waals surface area contributed by atoms with Gasteiger partial charge >= 0.3 is 0 Å². The first-order valence-corrected chi connectivity index (χ1v) is 7.01. The summed E-state index contributed by atoms with van der Waals surface area (Å²) in [6.45, 7) is 0. The number of pyridine rings is 1. The van der Waals surface area contributed by atoms with E-state index in [2.05, 4.69) is 20.9 Å². The molecule has 0 radical (unpaired) electrons. The number of hydrogen-bond donors (Lipinski definition) is 1. The average Bonchev–Trinajstić information content (AvgIpc) is 2.48. The minimum Gasteiger partial charge on any atom is -0.497 e. The first-order valence-electron chi connectivity index (χ1n) is 6.22. The molecule has 0 aliphatic rings. The van der Waals surface area contributed by atoms with E-state index in [1.165, 1.54) is 0 Å². The van der Waals surface area contributed by atoms with Crippen LogP contribution in [0.4, 0.5) is 0 Å². The van der Waals surface area contributed by atoms with Crippen LogP contribution in [0.2, 0.25) is 0 Å². The van der Waals surface area contributed by atoms with Crippen LogP contribution in [0.15, 0.2) is 41.0 Å². The lowest BCUT2D eigenvalue weighted by atomic mass is 10.0. The quantitative estimate of drug-likeness (QED) is 0.911. The molecule has 0 aliphatic heterocycles. The number of aromatic nitrogens is 1. The number of methoxy groups -OCH3 is 2. The van der Waals surface area contributed by atoms with Gasteiger partial charge in [-0.2, -0.15) is 0 Å². The summed E-state index contributed by atoms with van der Waals surface area (Å²) in [7, 11) is 3.27. The minimum absolute atomic E-state index is 0.200. The molecular formula is C15H17BrN2O2. The Bertz CT molecular complexity index is 573. The van der Waals surface area contributed by atoms with Crippen molar-refractivity contribution in [3.63, 3.8) is 0 Å². The second-order valence-electron chi connectivity index (χ2n) is 4.39. The van der Waals surface area contributed by atoms with Crippen LogP contribution in [-0.2, 0) is 6.42 Å². The maximum Gasteiger partial charge on any atom is 0.123 e. The Hall–Kier alpha value is -1.59. The van der Waals surface area contributed by atoms with Crippen LogP contribution in [-0.4, -0.2) is 19.2 Å². The molecule has 0 amide bonds. The fourth-order valence-electron chi connectivity index (χ4n) is 1.99. The fraction of sp³-hybridized carbons (Fsp3) is 0.267. The highest BCUT2D eigenvalue weighted by molar-refractivity contribution is 9.10. The first kappa shape index (κ1) is 14.8. The van der Waals surface area contributed by atoms with E-state index in [-0.39, 0.29) is 6.04 Å². The van der Waals surface area contributed by atoms with E-state index >= 15 is 0 Å². The summed E-state index contributed by atoms with van der Waals surface area (Å²) >= 11 is 3.37. The summed E-state index contributed by atoms with van der Waals surface area (Å²) in [5.41, 5.74) is 8.13. The summed E-state index contributed by atoms with van der Waals surface area (Å²) in [6, 6.07) is 9.33. The molecule has 0 saturated carbocycles. The van der Waals surface area contributed by atoms with Gasteiger partial charge in [0.1, 0.15) is 11.5 Å². The second kappa shape index (κ2) is 6.72. The number of ether oxygens (including phenoxy) is 2. The number of benzene rings is 1. The highest BCUT2D eigenvalue weighted by atomic mass is 79.9. The number of halogens is 1. The van der Waals surface area contributed by atoms with Crippen molar-refractivity contribution in [1.82, 2.24) is 4.98 Å². The van der Waals surface area contributed by atoms with Crippen molar-refractivity contribution in [2.24, 2.45) is 5.73 Å². The van der Waals surface area contributed by atoms with Gasteiger partial charge in [-0.15, -0.1) is 0 Å². The van der Waals surface area contributed by atoms with Crippen molar-refractivity contribution in [2.75, 3.05) is 14.2 Å². The molecule has 106 valence electrons. The molecule has 2 aromatic rings. The van der Waals surface area contributed by atoms with Crippen LogP contribution >= 0.6 is 15.9 Å². The summed E-state index contributed by atoms with van der Waals surface area (Å²) in [6.07, 6.45) is 2.40. The Morgan fingerprint density at radius 3 is 2.60 bits per heavy atom. The Morgan fingerprint density at radius 1 is 1.20 bits per heavy atom. The van der Waals surface area contributed by atoms with Crippen molar-refractivity contribution in [2.45, 2.75) is 12.5 Å². The lowest BCUT2D eigenvalue weighted by Crippen LogP contribution is -2.15. The van der Waals surface area contributed by atoms with Crippen molar-refractivity contribution in [3.05, 3.63) is 52.3 Å². The average molecular weight is 337 g/mol. The minimum atomic E-state index is -0.200. The SMILES string of the molecule is COc1ccc(OC)c(C(N)Cc2ccc(Br)cn2)c1. The molecule has 0 bridgehead atoms. The summed E-state index contributed by atoms with van der Waals surface area (Å²) in [4.78, 5) is 4.34. The van der Waals surface area contributed by atoms with Gasteiger partial charge in [-0.25, -0.2) is 0 Å². The molecule has 1 atom stereocenters. The standard InChI is InChI=1S/C15H17BrN2O2/c1-19-12-5-6-15(20-2)13(8-12)14(17)7-11-4-3-10(16)9-18-11/h3-6,8-9,14H,7,17H2,1-2H3. The number of hydrogen-bond acceptors (Lipinski definition) is 4. The molecule has 2 rings (SSSR count). The monoisotopic (exact) mass is 336 g/mol. The Morgan fingerprint density at radius 2 is 2.00 bits per heavy atom. The van der Waals surface area contributed by atoms with Gasteiger partial charge < -0.3 is 15.2 Å². The first-order chi connectivity index (χ1) is 9.63. The molecule has 2 N–H and O–H groups in total. The third-order valence-electron chi connectivity index (χ3n) is 3.05. The lowest BCUT2D eigenvalue weighted by Gasteiger charge is -2.16. The van der Waals surface area contributed by atoms with E-state index < -0.39 is 0 Å². The van der Waals surface area contributed by atoms with E-state index in [4.69, 9.17) is 15.2 Å². The molecule has 1 aromatic carbocycles. The lowest BCUT2D eigenvalue weighted by molar-refractivity contribution is 0.395. The highest BCUT2D eigenvalue weighted by Gasteiger charge is 2.14. The summed E-state index contributed by atoms with van der Waals surface area (Å²) in [5, 5.41) is 0. The Labute approximate surface area is 127 Å². The molecule has 0 aliphatic carbocycles. The summed E-state index contributed by atoms with van der Waals surface area (Å²) < 4.78 is 11.5. The molecule has 1 unspecified atom stereocenters. The van der Waals surface area contributed by atoms with Crippen molar-refractivity contribution in [1.29, 1.82) is 0 Å². The van der Waals surface area contributed by atoms with Crippen molar-refractivity contribution < 1.29 is 9.47 Å². The van der Waals surface area contributed by atoms with E-state index in [1.807, 2.05) is 30.3 Å². The molecule has 20 heavy (non-hydrogen) atoms. The molecular weight excluding hydrogens is 320 g/mol. The Kier molecular flexibility index (Phi) is 4.98.